The fraction of sp³-hybridized carbons (Fsp3) is 0.586. The van der Waals surface area contributed by atoms with Crippen molar-refractivity contribution in [3.05, 3.63) is 53.6 Å². The number of hydrogen-bond donors (Lipinski definition) is 1. The fourth-order valence-corrected chi connectivity index (χ4v) is 4.48. The van der Waals surface area contributed by atoms with Gasteiger partial charge in [-0.05, 0) is 48.4 Å². The monoisotopic (exact) mass is 408 g/mol. The zero-order valence-corrected chi connectivity index (χ0v) is 19.6. The largest absolute Gasteiger partial charge is 0.507 e. The van der Waals surface area contributed by atoms with Crippen molar-refractivity contribution in [2.24, 2.45) is 0 Å². The van der Waals surface area contributed by atoms with Crippen molar-refractivity contribution in [3.8, 4) is 16.9 Å². The molecule has 1 N–H and O–H groups in total. The molecular weight excluding hydrogens is 364 g/mol. The molecule has 0 heterocycles. The first kappa shape index (κ1) is 24.5. The van der Waals surface area contributed by atoms with Crippen LogP contribution < -0.4 is 0 Å². The number of aromatic hydroxyl groups is 1. The van der Waals surface area contributed by atoms with E-state index in [1.807, 2.05) is 6.07 Å². The van der Waals surface area contributed by atoms with Crippen LogP contribution in [0.2, 0.25) is 0 Å². The van der Waals surface area contributed by atoms with Gasteiger partial charge in [0.1, 0.15) is 5.75 Å². The highest BCUT2D eigenvalue weighted by Gasteiger charge is 2.14. The van der Waals surface area contributed by atoms with E-state index in [0.717, 1.165) is 24.0 Å². The number of phenolic OH excluding ortho intramolecular Hbond substituents is 1. The van der Waals surface area contributed by atoms with Crippen LogP contribution in [0.3, 0.4) is 0 Å². The van der Waals surface area contributed by atoms with Gasteiger partial charge in [0.05, 0.1) is 0 Å². The Kier molecular flexibility index (Phi) is 12.3. The minimum absolute atomic E-state index is 0.436. The van der Waals surface area contributed by atoms with Crippen molar-refractivity contribution in [2.75, 3.05) is 0 Å². The second-order valence-corrected chi connectivity index (χ2v) is 8.85. The summed E-state index contributed by atoms with van der Waals surface area (Å²) in [6.07, 6.45) is 19.5. The summed E-state index contributed by atoms with van der Waals surface area (Å²) in [6.45, 7) is 4.55. The summed E-state index contributed by atoms with van der Waals surface area (Å²) in [5.41, 5.74) is 5.07. The maximum Gasteiger partial charge on any atom is 0.123 e. The lowest BCUT2D eigenvalue weighted by atomic mass is 9.88. The molecule has 0 saturated heterocycles. The van der Waals surface area contributed by atoms with Gasteiger partial charge in [-0.25, -0.2) is 0 Å². The van der Waals surface area contributed by atoms with Gasteiger partial charge < -0.3 is 5.11 Å². The Morgan fingerprint density at radius 1 is 0.567 bits per heavy atom. The SMILES string of the molecule is CCCCCCCCCCc1c(CCCCCCC)ccc(O)c1-c1ccccc1. The van der Waals surface area contributed by atoms with E-state index in [2.05, 4.69) is 50.2 Å². The van der Waals surface area contributed by atoms with Gasteiger partial charge in [-0.1, -0.05) is 121 Å². The quantitative estimate of drug-likeness (QED) is 0.274. The number of hydrogen-bond acceptors (Lipinski definition) is 1. The highest BCUT2D eigenvalue weighted by molar-refractivity contribution is 5.75. The van der Waals surface area contributed by atoms with Crippen LogP contribution in [0.25, 0.3) is 11.1 Å². The van der Waals surface area contributed by atoms with E-state index in [1.54, 1.807) is 0 Å². The second kappa shape index (κ2) is 15.1. The van der Waals surface area contributed by atoms with Crippen LogP contribution in [-0.2, 0) is 12.8 Å². The summed E-state index contributed by atoms with van der Waals surface area (Å²) >= 11 is 0. The lowest BCUT2D eigenvalue weighted by Gasteiger charge is -2.17. The van der Waals surface area contributed by atoms with E-state index in [1.165, 1.54) is 94.6 Å². The molecule has 0 aromatic heterocycles. The van der Waals surface area contributed by atoms with E-state index in [9.17, 15) is 5.11 Å². The Balaban J connectivity index is 2.03. The average Bonchev–Trinajstić information content (AvgIpc) is 2.77. The van der Waals surface area contributed by atoms with Gasteiger partial charge in [-0.2, -0.15) is 0 Å². The van der Waals surface area contributed by atoms with Crippen molar-refractivity contribution in [1.29, 1.82) is 0 Å². The molecule has 2 aromatic carbocycles. The first-order valence-corrected chi connectivity index (χ1v) is 12.7. The predicted molar refractivity (Wildman–Crippen MR) is 132 cm³/mol. The molecule has 1 heteroatoms. The molecule has 166 valence electrons. The highest BCUT2D eigenvalue weighted by Crippen LogP contribution is 2.36. The normalized spacial score (nSPS) is 11.1. The predicted octanol–water partition coefficient (Wildman–Crippen LogP) is 9.26. The molecule has 0 unspecified atom stereocenters. The zero-order chi connectivity index (χ0) is 21.4. The number of unbranched alkanes of at least 4 members (excludes halogenated alkanes) is 11. The van der Waals surface area contributed by atoms with Crippen LogP contribution in [-0.4, -0.2) is 5.11 Å². The zero-order valence-electron chi connectivity index (χ0n) is 19.6. The summed E-state index contributed by atoms with van der Waals surface area (Å²) in [4.78, 5) is 0. The molecule has 0 spiro atoms. The van der Waals surface area contributed by atoms with Gasteiger partial charge in [0.15, 0.2) is 0 Å². The second-order valence-electron chi connectivity index (χ2n) is 8.85. The smallest absolute Gasteiger partial charge is 0.123 e. The van der Waals surface area contributed by atoms with Crippen molar-refractivity contribution >= 4 is 0 Å². The van der Waals surface area contributed by atoms with Crippen molar-refractivity contribution in [2.45, 2.75) is 110 Å². The molecule has 0 aliphatic carbocycles. The van der Waals surface area contributed by atoms with E-state index in [4.69, 9.17) is 0 Å². The minimum Gasteiger partial charge on any atom is -0.507 e. The number of phenols is 1. The van der Waals surface area contributed by atoms with Gasteiger partial charge in [0, 0.05) is 5.56 Å². The van der Waals surface area contributed by atoms with Crippen LogP contribution in [0, 0.1) is 0 Å². The van der Waals surface area contributed by atoms with Crippen LogP contribution >= 0.6 is 0 Å². The molecular formula is C29H44O. The average molecular weight is 409 g/mol. The molecule has 0 aliphatic rings. The lowest BCUT2D eigenvalue weighted by Crippen LogP contribution is -2.00. The van der Waals surface area contributed by atoms with Gasteiger partial charge in [0.2, 0.25) is 0 Å². The molecule has 0 radical (unpaired) electrons. The van der Waals surface area contributed by atoms with Gasteiger partial charge in [-0.15, -0.1) is 0 Å². The van der Waals surface area contributed by atoms with Crippen molar-refractivity contribution in [3.63, 3.8) is 0 Å². The summed E-state index contributed by atoms with van der Waals surface area (Å²) in [5.74, 6) is 0.436. The standard InChI is InChI=1S/C29H44O/c1-3-5-7-9-10-11-13-18-22-27-25(19-15-12-8-6-4-2)23-24-28(30)29(27)26-20-16-14-17-21-26/h14,16-17,20-21,23-24,30H,3-13,15,18-19,22H2,1-2H3. The number of aryl methyl sites for hydroxylation is 1. The third kappa shape index (κ3) is 8.54. The Bertz CT molecular complexity index is 689. The van der Waals surface area contributed by atoms with E-state index in [0.29, 0.717) is 5.75 Å². The molecule has 1 nitrogen and oxygen atoms in total. The minimum atomic E-state index is 0.436. The summed E-state index contributed by atoms with van der Waals surface area (Å²) < 4.78 is 0. The third-order valence-corrected chi connectivity index (χ3v) is 6.28. The summed E-state index contributed by atoms with van der Waals surface area (Å²) in [6, 6.07) is 14.6. The Hall–Kier alpha value is -1.76. The first-order chi connectivity index (χ1) is 14.8. The van der Waals surface area contributed by atoms with Gasteiger partial charge in [-0.3, -0.25) is 0 Å². The summed E-state index contributed by atoms with van der Waals surface area (Å²) in [7, 11) is 0. The van der Waals surface area contributed by atoms with Crippen molar-refractivity contribution in [1.82, 2.24) is 0 Å². The maximum atomic E-state index is 10.7. The molecule has 2 rings (SSSR count). The van der Waals surface area contributed by atoms with Gasteiger partial charge in [0.25, 0.3) is 0 Å². The third-order valence-electron chi connectivity index (χ3n) is 6.28. The molecule has 2 aromatic rings. The van der Waals surface area contributed by atoms with E-state index < -0.39 is 0 Å². The van der Waals surface area contributed by atoms with Crippen LogP contribution in [0.15, 0.2) is 42.5 Å². The van der Waals surface area contributed by atoms with Crippen LogP contribution in [0.4, 0.5) is 0 Å². The Labute approximate surface area is 185 Å². The molecule has 0 atom stereocenters. The highest BCUT2D eigenvalue weighted by atomic mass is 16.3. The molecule has 0 bridgehead atoms. The topological polar surface area (TPSA) is 20.2 Å². The number of rotatable bonds is 16. The molecule has 0 fully saturated rings. The fourth-order valence-electron chi connectivity index (χ4n) is 4.48. The van der Waals surface area contributed by atoms with Crippen LogP contribution in [0.5, 0.6) is 5.75 Å². The molecule has 0 saturated carbocycles. The Morgan fingerprint density at radius 3 is 1.70 bits per heavy atom. The molecule has 0 aliphatic heterocycles. The van der Waals surface area contributed by atoms with Gasteiger partial charge >= 0.3 is 0 Å². The van der Waals surface area contributed by atoms with Crippen molar-refractivity contribution < 1.29 is 5.11 Å². The lowest BCUT2D eigenvalue weighted by molar-refractivity contribution is 0.476. The Morgan fingerprint density at radius 2 is 1.10 bits per heavy atom. The van der Waals surface area contributed by atoms with Crippen LogP contribution in [0.1, 0.15) is 108 Å². The maximum absolute atomic E-state index is 10.7. The molecule has 30 heavy (non-hydrogen) atoms. The van der Waals surface area contributed by atoms with E-state index in [-0.39, 0.29) is 0 Å². The number of benzene rings is 2. The van der Waals surface area contributed by atoms with E-state index >= 15 is 0 Å². The first-order valence-electron chi connectivity index (χ1n) is 12.7. The molecule has 0 amide bonds. The summed E-state index contributed by atoms with van der Waals surface area (Å²) in [5, 5.41) is 10.7.